The van der Waals surface area contributed by atoms with Crippen LogP contribution in [-0.4, -0.2) is 6.54 Å². The number of nitrogens with two attached hydrogens (primary N) is 1. The Morgan fingerprint density at radius 2 is 1.61 bits per heavy atom. The minimum Gasteiger partial charge on any atom is -0.330 e. The van der Waals surface area contributed by atoms with Crippen molar-refractivity contribution in [3.8, 4) is 0 Å². The smallest absolute Gasteiger partial charge is 0.0234 e. The zero-order valence-corrected chi connectivity index (χ0v) is 11.5. The van der Waals surface area contributed by atoms with E-state index in [2.05, 4.69) is 55.5 Å². The predicted octanol–water partition coefficient (Wildman–Crippen LogP) is 3.79. The van der Waals surface area contributed by atoms with Gasteiger partial charge < -0.3 is 5.73 Å². The molecule has 2 aromatic rings. The molecule has 0 radical (unpaired) electrons. The summed E-state index contributed by atoms with van der Waals surface area (Å²) in [6.45, 7) is 2.88. The topological polar surface area (TPSA) is 26.0 Å². The Labute approximate surface area is 113 Å². The molecule has 2 N–H and O–H groups in total. The summed E-state index contributed by atoms with van der Waals surface area (Å²) in [5.74, 6) is 1.02. The lowest BCUT2D eigenvalue weighted by molar-refractivity contribution is 0.944. The highest BCUT2D eigenvalue weighted by molar-refractivity contribution is 7.98. The van der Waals surface area contributed by atoms with Crippen molar-refractivity contribution in [2.24, 2.45) is 5.73 Å². The molecule has 2 aromatic carbocycles. The van der Waals surface area contributed by atoms with Crippen molar-refractivity contribution in [2.45, 2.75) is 24.0 Å². The average molecular weight is 257 g/mol. The number of aryl methyl sites for hydroxylation is 1. The number of rotatable bonds is 5. The van der Waals surface area contributed by atoms with Crippen molar-refractivity contribution in [3.05, 3.63) is 65.2 Å². The van der Waals surface area contributed by atoms with Crippen LogP contribution in [0.5, 0.6) is 0 Å². The first-order valence-corrected chi connectivity index (χ1v) is 7.25. The molecule has 0 saturated heterocycles. The minimum atomic E-state index is 0.710. The van der Waals surface area contributed by atoms with Crippen LogP contribution in [0.3, 0.4) is 0 Å². The van der Waals surface area contributed by atoms with E-state index in [1.165, 1.54) is 21.6 Å². The molecule has 0 spiro atoms. The van der Waals surface area contributed by atoms with Gasteiger partial charge in [0.15, 0.2) is 0 Å². The summed E-state index contributed by atoms with van der Waals surface area (Å²) in [6, 6.07) is 17.1. The Balaban J connectivity index is 2.08. The Hall–Kier alpha value is -1.25. The fraction of sp³-hybridized carbons (Fsp3) is 0.250. The Morgan fingerprint density at radius 3 is 2.33 bits per heavy atom. The number of benzene rings is 2. The fourth-order valence-electron chi connectivity index (χ4n) is 1.93. The van der Waals surface area contributed by atoms with Crippen molar-refractivity contribution < 1.29 is 0 Å². The van der Waals surface area contributed by atoms with Crippen molar-refractivity contribution in [2.75, 3.05) is 6.54 Å². The van der Waals surface area contributed by atoms with Gasteiger partial charge in [-0.2, -0.15) is 0 Å². The Bertz CT molecular complexity index is 508. The second kappa shape index (κ2) is 6.62. The number of hydrogen-bond acceptors (Lipinski definition) is 2. The molecule has 0 bridgehead atoms. The fourth-order valence-corrected chi connectivity index (χ4v) is 3.10. The number of thioether (sulfide) groups is 1. The molecule has 18 heavy (non-hydrogen) atoms. The molecule has 0 saturated carbocycles. The van der Waals surface area contributed by atoms with Gasteiger partial charge in [-0.15, -0.1) is 11.8 Å². The molecule has 2 heteroatoms. The van der Waals surface area contributed by atoms with Crippen molar-refractivity contribution in [1.29, 1.82) is 0 Å². The summed E-state index contributed by atoms with van der Waals surface area (Å²) < 4.78 is 0. The summed E-state index contributed by atoms with van der Waals surface area (Å²) in [6.07, 6.45) is 0.955. The van der Waals surface area contributed by atoms with Gasteiger partial charge in [0.05, 0.1) is 0 Å². The van der Waals surface area contributed by atoms with E-state index in [4.69, 9.17) is 5.73 Å². The standard InChI is InChI=1S/C16H19NS/c1-13-6-2-3-8-15(13)12-18-16-9-5-4-7-14(16)10-11-17/h2-9H,10-12,17H2,1H3. The molecule has 0 aromatic heterocycles. The molecule has 0 aliphatic carbocycles. The first kappa shape index (κ1) is 13.2. The zero-order chi connectivity index (χ0) is 12.8. The molecular weight excluding hydrogens is 238 g/mol. The highest BCUT2D eigenvalue weighted by atomic mass is 32.2. The van der Waals surface area contributed by atoms with E-state index >= 15 is 0 Å². The lowest BCUT2D eigenvalue weighted by Gasteiger charge is -2.09. The lowest BCUT2D eigenvalue weighted by atomic mass is 10.1. The summed E-state index contributed by atoms with van der Waals surface area (Å²) in [5, 5.41) is 0. The van der Waals surface area contributed by atoms with Crippen LogP contribution in [0, 0.1) is 6.92 Å². The molecule has 0 aliphatic rings. The van der Waals surface area contributed by atoms with E-state index in [-0.39, 0.29) is 0 Å². The van der Waals surface area contributed by atoms with E-state index in [0.717, 1.165) is 12.2 Å². The third kappa shape index (κ3) is 3.37. The number of hydrogen-bond donors (Lipinski definition) is 1. The second-order valence-electron chi connectivity index (χ2n) is 4.36. The quantitative estimate of drug-likeness (QED) is 0.825. The maximum Gasteiger partial charge on any atom is 0.0234 e. The van der Waals surface area contributed by atoms with Crippen LogP contribution in [0.2, 0.25) is 0 Å². The first-order chi connectivity index (χ1) is 8.81. The maximum absolute atomic E-state index is 5.65. The van der Waals surface area contributed by atoms with Crippen LogP contribution >= 0.6 is 11.8 Å². The third-order valence-corrected chi connectivity index (χ3v) is 4.20. The van der Waals surface area contributed by atoms with Gasteiger partial charge >= 0.3 is 0 Å². The van der Waals surface area contributed by atoms with Gasteiger partial charge in [-0.05, 0) is 42.6 Å². The molecule has 0 fully saturated rings. The largest absolute Gasteiger partial charge is 0.330 e. The van der Waals surface area contributed by atoms with Crippen molar-refractivity contribution >= 4 is 11.8 Å². The van der Waals surface area contributed by atoms with Gasteiger partial charge in [0, 0.05) is 10.6 Å². The summed E-state index contributed by atoms with van der Waals surface area (Å²) >= 11 is 1.90. The Morgan fingerprint density at radius 1 is 0.944 bits per heavy atom. The van der Waals surface area contributed by atoms with Crippen LogP contribution in [0.25, 0.3) is 0 Å². The lowest BCUT2D eigenvalue weighted by Crippen LogP contribution is -2.03. The van der Waals surface area contributed by atoms with Crippen LogP contribution in [0.15, 0.2) is 53.4 Å². The van der Waals surface area contributed by atoms with E-state index < -0.39 is 0 Å². The second-order valence-corrected chi connectivity index (χ2v) is 5.38. The summed E-state index contributed by atoms with van der Waals surface area (Å²) in [4.78, 5) is 1.35. The minimum absolute atomic E-state index is 0.710. The van der Waals surface area contributed by atoms with Crippen LogP contribution < -0.4 is 5.73 Å². The monoisotopic (exact) mass is 257 g/mol. The van der Waals surface area contributed by atoms with Gasteiger partial charge in [0.25, 0.3) is 0 Å². The Kier molecular flexibility index (Phi) is 4.85. The van der Waals surface area contributed by atoms with E-state index in [1.54, 1.807) is 0 Å². The third-order valence-electron chi connectivity index (χ3n) is 3.03. The summed E-state index contributed by atoms with van der Waals surface area (Å²) in [5.41, 5.74) is 9.78. The van der Waals surface area contributed by atoms with Gasteiger partial charge in [-0.1, -0.05) is 42.5 Å². The van der Waals surface area contributed by atoms with Crippen LogP contribution in [0.1, 0.15) is 16.7 Å². The SMILES string of the molecule is Cc1ccccc1CSc1ccccc1CCN. The average Bonchev–Trinajstić information content (AvgIpc) is 2.40. The van der Waals surface area contributed by atoms with Crippen molar-refractivity contribution in [1.82, 2.24) is 0 Å². The van der Waals surface area contributed by atoms with Gasteiger partial charge in [-0.3, -0.25) is 0 Å². The highest BCUT2D eigenvalue weighted by Gasteiger charge is 2.03. The molecular formula is C16H19NS. The normalized spacial score (nSPS) is 10.6. The molecule has 0 aliphatic heterocycles. The summed E-state index contributed by atoms with van der Waals surface area (Å²) in [7, 11) is 0. The first-order valence-electron chi connectivity index (χ1n) is 6.26. The van der Waals surface area contributed by atoms with E-state index in [9.17, 15) is 0 Å². The van der Waals surface area contributed by atoms with Crippen LogP contribution in [0.4, 0.5) is 0 Å². The van der Waals surface area contributed by atoms with Crippen molar-refractivity contribution in [3.63, 3.8) is 0 Å². The van der Waals surface area contributed by atoms with Gasteiger partial charge in [-0.25, -0.2) is 0 Å². The molecule has 94 valence electrons. The maximum atomic E-state index is 5.65. The highest BCUT2D eigenvalue weighted by Crippen LogP contribution is 2.27. The molecule has 0 heterocycles. The molecule has 0 atom stereocenters. The van der Waals surface area contributed by atoms with E-state index in [1.807, 2.05) is 11.8 Å². The van der Waals surface area contributed by atoms with E-state index in [0.29, 0.717) is 6.54 Å². The molecule has 0 amide bonds. The molecule has 2 rings (SSSR count). The van der Waals surface area contributed by atoms with Crippen LogP contribution in [-0.2, 0) is 12.2 Å². The zero-order valence-electron chi connectivity index (χ0n) is 10.7. The van der Waals surface area contributed by atoms with Gasteiger partial charge in [0.2, 0.25) is 0 Å². The van der Waals surface area contributed by atoms with Gasteiger partial charge in [0.1, 0.15) is 0 Å². The molecule has 1 nitrogen and oxygen atoms in total. The molecule has 0 unspecified atom stereocenters. The predicted molar refractivity (Wildman–Crippen MR) is 79.9 cm³/mol.